The fraction of sp³-hybridized carbons (Fsp3) is 0.421. The van der Waals surface area contributed by atoms with E-state index in [-0.39, 0.29) is 24.6 Å². The van der Waals surface area contributed by atoms with Gasteiger partial charge in [0.15, 0.2) is 11.2 Å². The van der Waals surface area contributed by atoms with Crippen molar-refractivity contribution in [2.75, 3.05) is 19.7 Å². The Bertz CT molecular complexity index is 1110. The number of nitrogens with two attached hydrogens (primary N) is 1. The molecule has 11 heteroatoms. The van der Waals surface area contributed by atoms with E-state index in [9.17, 15) is 14.7 Å². The van der Waals surface area contributed by atoms with Crippen molar-refractivity contribution in [3.63, 3.8) is 0 Å². The Morgan fingerprint density at radius 2 is 1.97 bits per heavy atom. The molecule has 2 aromatic heterocycles. The van der Waals surface area contributed by atoms with Gasteiger partial charge in [0.1, 0.15) is 25.0 Å². The second-order valence-electron chi connectivity index (χ2n) is 6.88. The number of aliphatic hydroxyl groups is 1. The molecule has 1 unspecified atom stereocenters. The van der Waals surface area contributed by atoms with Gasteiger partial charge in [-0.05, 0) is 12.1 Å². The normalized spacial score (nSPS) is 12.0. The molecule has 30 heavy (non-hydrogen) atoms. The number of aromatic nitrogens is 4. The number of hydrogen-bond donors (Lipinski definition) is 2. The maximum atomic E-state index is 12.4. The number of hydrogen-bond acceptors (Lipinski definition) is 5. The van der Waals surface area contributed by atoms with Crippen LogP contribution in [0, 0.1) is 0 Å². The van der Waals surface area contributed by atoms with Gasteiger partial charge in [-0.2, -0.15) is 0 Å². The molecule has 1 aromatic carbocycles. The highest BCUT2D eigenvalue weighted by Gasteiger charge is 2.14. The third-order valence-electron chi connectivity index (χ3n) is 4.73. The fourth-order valence-electron chi connectivity index (χ4n) is 3.10. The Kier molecular flexibility index (Phi) is 8.48. The van der Waals surface area contributed by atoms with E-state index in [1.54, 1.807) is 30.1 Å². The number of benzene rings is 1. The van der Waals surface area contributed by atoms with E-state index in [2.05, 4.69) is 4.98 Å². The molecule has 3 N–H and O–H groups in total. The maximum absolute atomic E-state index is 12.4. The molecule has 0 aliphatic rings. The summed E-state index contributed by atoms with van der Waals surface area (Å²) in [6.45, 7) is 2.00. The molecule has 0 saturated carbocycles. The first-order chi connectivity index (χ1) is 13.9. The van der Waals surface area contributed by atoms with E-state index in [1.165, 1.54) is 11.6 Å². The molecule has 0 amide bonds. The van der Waals surface area contributed by atoms with Crippen molar-refractivity contribution in [1.82, 2.24) is 18.7 Å². The van der Waals surface area contributed by atoms with Crippen molar-refractivity contribution in [1.29, 1.82) is 0 Å². The SMILES string of the molecule is Cn1c(=O)c2c(ncn2CCC[NH2+]CC(O)COc2ccccc2Cl)n(C)c1=O.[Cl-]. The summed E-state index contributed by atoms with van der Waals surface area (Å²) in [5, 5.41) is 12.6. The van der Waals surface area contributed by atoms with Crippen LogP contribution in [-0.4, -0.2) is 49.6 Å². The lowest BCUT2D eigenvalue weighted by molar-refractivity contribution is -0.661. The van der Waals surface area contributed by atoms with Crippen LogP contribution in [0.1, 0.15) is 6.42 Å². The van der Waals surface area contributed by atoms with Crippen LogP contribution < -0.4 is 33.7 Å². The lowest BCUT2D eigenvalue weighted by Crippen LogP contribution is -3.00. The van der Waals surface area contributed by atoms with Crippen LogP contribution in [-0.2, 0) is 20.6 Å². The predicted octanol–water partition coefficient (Wildman–Crippen LogP) is -3.52. The number of quaternary nitrogens is 1. The topological polar surface area (TPSA) is 108 Å². The van der Waals surface area contributed by atoms with Gasteiger partial charge in [0, 0.05) is 27.1 Å². The highest BCUT2D eigenvalue weighted by Crippen LogP contribution is 2.22. The Morgan fingerprint density at radius 3 is 2.70 bits per heavy atom. The van der Waals surface area contributed by atoms with E-state index >= 15 is 0 Å². The Labute approximate surface area is 184 Å². The van der Waals surface area contributed by atoms with Crippen LogP contribution in [0.25, 0.3) is 11.2 Å². The minimum Gasteiger partial charge on any atom is -1.00 e. The molecule has 0 fully saturated rings. The minimum atomic E-state index is -0.623. The number of aliphatic hydroxyl groups excluding tert-OH is 1. The number of fused-ring (bicyclic) bond motifs is 1. The smallest absolute Gasteiger partial charge is 0.332 e. The molecule has 0 radical (unpaired) electrons. The van der Waals surface area contributed by atoms with Gasteiger partial charge >= 0.3 is 5.69 Å². The maximum Gasteiger partial charge on any atom is 0.332 e. The second-order valence-corrected chi connectivity index (χ2v) is 7.28. The number of para-hydroxylation sites is 1. The molecular formula is C19H25Cl2N5O4. The molecule has 0 saturated heterocycles. The molecule has 0 spiro atoms. The molecule has 0 bridgehead atoms. The monoisotopic (exact) mass is 457 g/mol. The van der Waals surface area contributed by atoms with Gasteiger partial charge in [-0.1, -0.05) is 23.7 Å². The first kappa shape index (κ1) is 23.9. The summed E-state index contributed by atoms with van der Waals surface area (Å²) in [7, 11) is 3.06. The molecule has 164 valence electrons. The number of nitrogens with zero attached hydrogens (tertiary/aromatic N) is 4. The third kappa shape index (κ3) is 5.23. The number of aryl methyl sites for hydroxylation is 2. The molecule has 9 nitrogen and oxygen atoms in total. The quantitative estimate of drug-likeness (QED) is 0.324. The summed E-state index contributed by atoms with van der Waals surface area (Å²) in [6.07, 6.45) is 1.73. The minimum absolute atomic E-state index is 0. The van der Waals surface area contributed by atoms with Crippen LogP contribution in [0.4, 0.5) is 0 Å². The zero-order valence-corrected chi connectivity index (χ0v) is 18.3. The number of imidazole rings is 1. The average molecular weight is 458 g/mol. The highest BCUT2D eigenvalue weighted by molar-refractivity contribution is 6.32. The highest BCUT2D eigenvalue weighted by atomic mass is 35.5. The fourth-order valence-corrected chi connectivity index (χ4v) is 3.29. The number of ether oxygens (including phenoxy) is 1. The zero-order chi connectivity index (χ0) is 21.0. The summed E-state index contributed by atoms with van der Waals surface area (Å²) in [5.41, 5.74) is 0.0581. The van der Waals surface area contributed by atoms with E-state index in [0.717, 1.165) is 17.5 Å². The largest absolute Gasteiger partial charge is 1.00 e. The van der Waals surface area contributed by atoms with E-state index in [0.29, 0.717) is 35.0 Å². The summed E-state index contributed by atoms with van der Waals surface area (Å²) < 4.78 is 9.75. The summed E-state index contributed by atoms with van der Waals surface area (Å²) in [6, 6.07) is 7.14. The van der Waals surface area contributed by atoms with Gasteiger partial charge < -0.3 is 32.1 Å². The van der Waals surface area contributed by atoms with E-state index in [4.69, 9.17) is 16.3 Å². The van der Waals surface area contributed by atoms with Gasteiger partial charge in [-0.15, -0.1) is 0 Å². The first-order valence-corrected chi connectivity index (χ1v) is 9.76. The van der Waals surface area contributed by atoms with Crippen LogP contribution in [0.15, 0.2) is 40.2 Å². The standard InChI is InChI=1S/C19H24ClN5O4.ClH/c1-23-17-16(18(27)24(2)19(23)28)25(12-22-17)9-5-8-21-10-13(26)11-29-15-7-4-3-6-14(15)20;/h3-4,6-7,12-13,21,26H,5,8-11H2,1-2H3;1H. The predicted molar refractivity (Wildman–Crippen MR) is 109 cm³/mol. The third-order valence-corrected chi connectivity index (χ3v) is 5.04. The van der Waals surface area contributed by atoms with Crippen molar-refractivity contribution < 1.29 is 27.6 Å². The number of rotatable bonds is 9. The number of halogens is 2. The molecule has 2 heterocycles. The van der Waals surface area contributed by atoms with E-state index < -0.39 is 11.8 Å². The van der Waals surface area contributed by atoms with Gasteiger partial charge in [0.25, 0.3) is 5.56 Å². The van der Waals surface area contributed by atoms with Crippen LogP contribution in [0.3, 0.4) is 0 Å². The van der Waals surface area contributed by atoms with Gasteiger partial charge in [-0.3, -0.25) is 13.9 Å². The van der Waals surface area contributed by atoms with E-state index in [1.807, 2.05) is 17.4 Å². The van der Waals surface area contributed by atoms with Crippen molar-refractivity contribution >= 4 is 22.8 Å². The Hall–Kier alpha value is -2.33. The Morgan fingerprint density at radius 1 is 1.23 bits per heavy atom. The van der Waals surface area contributed by atoms with Crippen molar-refractivity contribution in [2.45, 2.75) is 19.1 Å². The van der Waals surface area contributed by atoms with Crippen LogP contribution in [0.2, 0.25) is 5.02 Å². The van der Waals surface area contributed by atoms with Crippen LogP contribution in [0.5, 0.6) is 5.75 Å². The molecule has 1 atom stereocenters. The second kappa shape index (κ2) is 10.6. The Balaban J connectivity index is 0.00000320. The summed E-state index contributed by atoms with van der Waals surface area (Å²) >= 11 is 6.02. The van der Waals surface area contributed by atoms with Crippen LogP contribution >= 0.6 is 11.6 Å². The van der Waals surface area contributed by atoms with Gasteiger partial charge in [0.2, 0.25) is 0 Å². The van der Waals surface area contributed by atoms with Gasteiger partial charge in [0.05, 0.1) is 17.9 Å². The summed E-state index contributed by atoms with van der Waals surface area (Å²) in [5.74, 6) is 0.552. The first-order valence-electron chi connectivity index (χ1n) is 9.38. The molecule has 0 aliphatic heterocycles. The van der Waals surface area contributed by atoms with Gasteiger partial charge in [-0.25, -0.2) is 9.78 Å². The summed E-state index contributed by atoms with van der Waals surface area (Å²) in [4.78, 5) is 28.6. The average Bonchev–Trinajstić information content (AvgIpc) is 3.14. The zero-order valence-electron chi connectivity index (χ0n) is 16.8. The lowest BCUT2D eigenvalue weighted by atomic mass is 10.3. The van der Waals surface area contributed by atoms with Crippen molar-refractivity contribution in [3.05, 3.63) is 56.5 Å². The van der Waals surface area contributed by atoms with Crippen molar-refractivity contribution in [3.8, 4) is 5.75 Å². The lowest BCUT2D eigenvalue weighted by Gasteiger charge is -2.12. The molecule has 3 aromatic rings. The molecule has 3 rings (SSSR count). The molecular weight excluding hydrogens is 433 g/mol. The van der Waals surface area contributed by atoms with Crippen molar-refractivity contribution in [2.24, 2.45) is 14.1 Å². The molecule has 0 aliphatic carbocycles.